The molecular formula is C13H15IN2O. The lowest BCUT2D eigenvalue weighted by molar-refractivity contribution is 0.570. The van der Waals surface area contributed by atoms with Gasteiger partial charge in [0.1, 0.15) is 6.26 Å². The van der Waals surface area contributed by atoms with Crippen molar-refractivity contribution >= 4 is 22.6 Å². The normalized spacial score (nSPS) is 10.8. The molecule has 0 saturated carbocycles. The van der Waals surface area contributed by atoms with Gasteiger partial charge < -0.3 is 9.73 Å². The third kappa shape index (κ3) is 2.87. The molecule has 2 aromatic rings. The van der Waals surface area contributed by atoms with Crippen LogP contribution in [0.1, 0.15) is 18.2 Å². The second-order valence-corrected chi connectivity index (χ2v) is 4.94. The maximum absolute atomic E-state index is 5.53. The molecule has 4 heteroatoms. The largest absolute Gasteiger partial charge is 0.444 e. The number of hydrogen-bond donors (Lipinski definition) is 1. The summed E-state index contributed by atoms with van der Waals surface area (Å²) >= 11 is 2.33. The maximum atomic E-state index is 5.53. The summed E-state index contributed by atoms with van der Waals surface area (Å²) in [5.41, 5.74) is 3.25. The number of benzene rings is 1. The smallest absolute Gasteiger partial charge is 0.227 e. The van der Waals surface area contributed by atoms with Crippen molar-refractivity contribution in [1.82, 2.24) is 10.3 Å². The fraction of sp³-hybridized carbons (Fsp3) is 0.308. The third-order valence-corrected chi connectivity index (χ3v) is 3.96. The maximum Gasteiger partial charge on any atom is 0.227 e. The molecule has 3 nitrogen and oxygen atoms in total. The molecule has 17 heavy (non-hydrogen) atoms. The van der Waals surface area contributed by atoms with E-state index in [1.807, 2.05) is 12.1 Å². The summed E-state index contributed by atoms with van der Waals surface area (Å²) in [7, 11) is 0. The van der Waals surface area contributed by atoms with Gasteiger partial charge in [-0.15, -0.1) is 0 Å². The van der Waals surface area contributed by atoms with Gasteiger partial charge in [0, 0.05) is 10.1 Å². The number of nitrogens with one attached hydrogen (secondary N) is 1. The Balaban J connectivity index is 2.27. The van der Waals surface area contributed by atoms with Crippen LogP contribution in [-0.2, 0) is 6.54 Å². The van der Waals surface area contributed by atoms with Crippen molar-refractivity contribution in [2.45, 2.75) is 20.4 Å². The first-order valence-electron chi connectivity index (χ1n) is 5.63. The number of oxazole rings is 1. The Morgan fingerprint density at radius 2 is 2.24 bits per heavy atom. The Hall–Kier alpha value is -0.880. The first kappa shape index (κ1) is 12.6. The quantitative estimate of drug-likeness (QED) is 0.866. The fourth-order valence-electron chi connectivity index (χ4n) is 1.58. The number of halogens is 1. The second-order valence-electron chi connectivity index (χ2n) is 3.86. The molecule has 2 rings (SSSR count). The molecule has 1 heterocycles. The Bertz CT molecular complexity index is 508. The van der Waals surface area contributed by atoms with Gasteiger partial charge >= 0.3 is 0 Å². The van der Waals surface area contributed by atoms with Gasteiger partial charge in [0.15, 0.2) is 0 Å². The van der Waals surface area contributed by atoms with Gasteiger partial charge in [0.25, 0.3) is 0 Å². The van der Waals surface area contributed by atoms with E-state index in [4.69, 9.17) is 4.42 Å². The topological polar surface area (TPSA) is 38.1 Å². The minimum Gasteiger partial charge on any atom is -0.444 e. The first-order valence-corrected chi connectivity index (χ1v) is 6.71. The van der Waals surface area contributed by atoms with Gasteiger partial charge in [-0.25, -0.2) is 4.98 Å². The lowest BCUT2D eigenvalue weighted by Gasteiger charge is -2.02. The zero-order valence-corrected chi connectivity index (χ0v) is 12.1. The molecule has 1 aromatic carbocycles. The molecular weight excluding hydrogens is 327 g/mol. The van der Waals surface area contributed by atoms with Gasteiger partial charge in [-0.3, -0.25) is 0 Å². The lowest BCUT2D eigenvalue weighted by Crippen LogP contribution is -2.11. The molecule has 0 aliphatic heterocycles. The van der Waals surface area contributed by atoms with E-state index in [1.165, 1.54) is 9.13 Å². The highest BCUT2D eigenvalue weighted by atomic mass is 127. The highest BCUT2D eigenvalue weighted by molar-refractivity contribution is 14.1. The van der Waals surface area contributed by atoms with Crippen LogP contribution < -0.4 is 5.32 Å². The van der Waals surface area contributed by atoms with Crippen LogP contribution in [0.15, 0.2) is 28.9 Å². The van der Waals surface area contributed by atoms with E-state index < -0.39 is 0 Å². The van der Waals surface area contributed by atoms with Crippen LogP contribution in [0.4, 0.5) is 0 Å². The van der Waals surface area contributed by atoms with Crippen LogP contribution in [-0.4, -0.2) is 11.5 Å². The van der Waals surface area contributed by atoms with Crippen molar-refractivity contribution in [2.75, 3.05) is 6.54 Å². The third-order valence-electron chi connectivity index (χ3n) is 2.53. The van der Waals surface area contributed by atoms with Crippen LogP contribution in [0.3, 0.4) is 0 Å². The minimum absolute atomic E-state index is 0.700. The molecule has 1 aromatic heterocycles. The Labute approximate surface area is 115 Å². The summed E-state index contributed by atoms with van der Waals surface area (Å²) in [6, 6.07) is 6.16. The molecule has 0 amide bonds. The molecule has 0 fully saturated rings. The van der Waals surface area contributed by atoms with Crippen LogP contribution in [0, 0.1) is 10.5 Å². The molecule has 90 valence electrons. The summed E-state index contributed by atoms with van der Waals surface area (Å²) in [6.45, 7) is 5.85. The van der Waals surface area contributed by atoms with E-state index in [1.54, 1.807) is 6.26 Å². The first-order chi connectivity index (χ1) is 8.22. The number of rotatable bonds is 4. The van der Waals surface area contributed by atoms with E-state index in [0.717, 1.165) is 24.3 Å². The summed E-state index contributed by atoms with van der Waals surface area (Å²) < 4.78 is 6.72. The highest BCUT2D eigenvalue weighted by Gasteiger charge is 2.10. The van der Waals surface area contributed by atoms with Gasteiger partial charge in [-0.1, -0.05) is 19.1 Å². The average Bonchev–Trinajstić information content (AvgIpc) is 2.78. The molecule has 0 unspecified atom stereocenters. The number of nitrogens with zero attached hydrogens (tertiary/aromatic N) is 1. The van der Waals surface area contributed by atoms with E-state index in [9.17, 15) is 0 Å². The van der Waals surface area contributed by atoms with E-state index >= 15 is 0 Å². The lowest BCUT2D eigenvalue weighted by atomic mass is 10.1. The van der Waals surface area contributed by atoms with Crippen molar-refractivity contribution < 1.29 is 4.42 Å². The van der Waals surface area contributed by atoms with Crippen molar-refractivity contribution in [2.24, 2.45) is 0 Å². The van der Waals surface area contributed by atoms with Crippen LogP contribution in [0.25, 0.3) is 11.5 Å². The zero-order chi connectivity index (χ0) is 12.3. The fourth-order valence-corrected chi connectivity index (χ4v) is 2.17. The van der Waals surface area contributed by atoms with Crippen molar-refractivity contribution in [3.8, 4) is 11.5 Å². The predicted molar refractivity (Wildman–Crippen MR) is 76.8 cm³/mol. The van der Waals surface area contributed by atoms with E-state index in [0.29, 0.717) is 5.89 Å². The molecule has 0 saturated heterocycles. The van der Waals surface area contributed by atoms with Gasteiger partial charge in [0.05, 0.1) is 11.3 Å². The summed E-state index contributed by atoms with van der Waals surface area (Å²) in [5.74, 6) is 0.700. The number of aryl methyl sites for hydroxylation is 1. The summed E-state index contributed by atoms with van der Waals surface area (Å²) in [6.07, 6.45) is 1.72. The van der Waals surface area contributed by atoms with Crippen LogP contribution >= 0.6 is 22.6 Å². The average molecular weight is 342 g/mol. The molecule has 0 radical (unpaired) electrons. The highest BCUT2D eigenvalue weighted by Crippen LogP contribution is 2.26. The Morgan fingerprint density at radius 1 is 1.41 bits per heavy atom. The molecule has 0 aliphatic rings. The van der Waals surface area contributed by atoms with Gasteiger partial charge in [-0.2, -0.15) is 0 Å². The van der Waals surface area contributed by atoms with Crippen molar-refractivity contribution in [1.29, 1.82) is 0 Å². The monoisotopic (exact) mass is 342 g/mol. The molecule has 1 N–H and O–H groups in total. The molecule has 0 atom stereocenters. The standard InChI is InChI=1S/C13H15IN2O/c1-3-15-7-10-8-17-13(16-10)11-6-4-5-9(2)12(11)14/h4-6,8,15H,3,7H2,1-2H3. The minimum atomic E-state index is 0.700. The van der Waals surface area contributed by atoms with Crippen molar-refractivity contribution in [3.63, 3.8) is 0 Å². The van der Waals surface area contributed by atoms with E-state index in [2.05, 4.69) is 52.8 Å². The number of aromatic nitrogens is 1. The van der Waals surface area contributed by atoms with Crippen LogP contribution in [0.5, 0.6) is 0 Å². The van der Waals surface area contributed by atoms with E-state index in [-0.39, 0.29) is 0 Å². The predicted octanol–water partition coefficient (Wildman–Crippen LogP) is 3.36. The SMILES string of the molecule is CCNCc1coc(-c2cccc(C)c2I)n1. The molecule has 0 spiro atoms. The summed E-state index contributed by atoms with van der Waals surface area (Å²) in [5, 5.41) is 3.23. The number of hydrogen-bond acceptors (Lipinski definition) is 3. The Morgan fingerprint density at radius 3 is 3.00 bits per heavy atom. The van der Waals surface area contributed by atoms with Gasteiger partial charge in [0.2, 0.25) is 5.89 Å². The molecule has 0 bridgehead atoms. The van der Waals surface area contributed by atoms with Crippen LogP contribution in [0.2, 0.25) is 0 Å². The molecule has 0 aliphatic carbocycles. The van der Waals surface area contributed by atoms with Crippen molar-refractivity contribution in [3.05, 3.63) is 39.3 Å². The van der Waals surface area contributed by atoms with Gasteiger partial charge in [-0.05, 0) is 47.7 Å². The second kappa shape index (κ2) is 5.64. The Kier molecular flexibility index (Phi) is 4.17. The zero-order valence-electron chi connectivity index (χ0n) is 9.96. The summed E-state index contributed by atoms with van der Waals surface area (Å²) in [4.78, 5) is 4.49.